The molecule has 21 heavy (non-hydrogen) atoms. The maximum absolute atomic E-state index is 11.3. The van der Waals surface area contributed by atoms with Crippen LogP contribution in [0.15, 0.2) is 48.2 Å². The molecule has 0 N–H and O–H groups in total. The van der Waals surface area contributed by atoms with Gasteiger partial charge in [0.05, 0.1) is 9.95 Å². The van der Waals surface area contributed by atoms with Crippen LogP contribution in [0.4, 0.5) is 0 Å². The van der Waals surface area contributed by atoms with Crippen LogP contribution in [0.1, 0.15) is 17.2 Å². The minimum atomic E-state index is -0.799. The SMILES string of the molecule is O=[N+]([O-])C1=Cc2cc(Cl)cc(Cl)c2OC1c1ccccc1. The van der Waals surface area contributed by atoms with E-state index in [0.29, 0.717) is 26.9 Å². The van der Waals surface area contributed by atoms with Crippen LogP contribution in [-0.2, 0) is 0 Å². The highest BCUT2D eigenvalue weighted by molar-refractivity contribution is 6.36. The number of hydrogen-bond acceptors (Lipinski definition) is 3. The Balaban J connectivity index is 2.15. The van der Waals surface area contributed by atoms with E-state index in [1.807, 2.05) is 6.07 Å². The first-order valence-corrected chi connectivity index (χ1v) is 6.88. The van der Waals surface area contributed by atoms with Crippen molar-refractivity contribution in [3.05, 3.63) is 79.4 Å². The lowest BCUT2D eigenvalue weighted by atomic mass is 10.0. The number of fused-ring (bicyclic) bond motifs is 1. The second-order valence-electron chi connectivity index (χ2n) is 4.54. The van der Waals surface area contributed by atoms with E-state index in [-0.39, 0.29) is 5.70 Å². The minimum Gasteiger partial charge on any atom is -0.472 e. The molecule has 0 radical (unpaired) electrons. The van der Waals surface area contributed by atoms with Gasteiger partial charge in [0, 0.05) is 22.2 Å². The van der Waals surface area contributed by atoms with Gasteiger partial charge in [-0.1, -0.05) is 53.5 Å². The quantitative estimate of drug-likeness (QED) is 0.592. The van der Waals surface area contributed by atoms with Crippen molar-refractivity contribution in [3.8, 4) is 5.75 Å². The average Bonchev–Trinajstić information content (AvgIpc) is 2.46. The topological polar surface area (TPSA) is 52.4 Å². The third-order valence-electron chi connectivity index (χ3n) is 3.16. The molecule has 2 aromatic rings. The first-order chi connectivity index (χ1) is 10.1. The summed E-state index contributed by atoms with van der Waals surface area (Å²) in [6, 6.07) is 12.1. The van der Waals surface area contributed by atoms with E-state index >= 15 is 0 Å². The Morgan fingerprint density at radius 1 is 1.14 bits per heavy atom. The fourth-order valence-electron chi connectivity index (χ4n) is 2.24. The molecule has 0 saturated carbocycles. The molecular weight excluding hydrogens is 313 g/mol. The van der Waals surface area contributed by atoms with Gasteiger partial charge in [-0.3, -0.25) is 10.1 Å². The van der Waals surface area contributed by atoms with Crippen LogP contribution in [0.5, 0.6) is 5.75 Å². The van der Waals surface area contributed by atoms with Gasteiger partial charge >= 0.3 is 0 Å². The number of nitro groups is 1. The van der Waals surface area contributed by atoms with E-state index in [4.69, 9.17) is 27.9 Å². The van der Waals surface area contributed by atoms with E-state index in [1.54, 1.807) is 36.4 Å². The Hall–Kier alpha value is -2.04. The van der Waals surface area contributed by atoms with E-state index in [9.17, 15) is 10.1 Å². The van der Waals surface area contributed by atoms with E-state index in [0.717, 1.165) is 0 Å². The summed E-state index contributed by atoms with van der Waals surface area (Å²) in [7, 11) is 0. The molecule has 0 amide bonds. The largest absolute Gasteiger partial charge is 0.472 e. The molecule has 0 aromatic heterocycles. The highest BCUT2D eigenvalue weighted by Gasteiger charge is 2.34. The number of nitrogens with zero attached hydrogens (tertiary/aromatic N) is 1. The van der Waals surface area contributed by atoms with Gasteiger partial charge < -0.3 is 4.74 Å². The van der Waals surface area contributed by atoms with Crippen LogP contribution in [0.2, 0.25) is 10.0 Å². The van der Waals surface area contributed by atoms with Crippen molar-refractivity contribution in [2.24, 2.45) is 0 Å². The Bertz CT molecular complexity index is 744. The van der Waals surface area contributed by atoms with Gasteiger partial charge in [0.25, 0.3) is 5.70 Å². The summed E-state index contributed by atoms with van der Waals surface area (Å²) >= 11 is 12.0. The van der Waals surface area contributed by atoms with Crippen molar-refractivity contribution in [3.63, 3.8) is 0 Å². The molecule has 1 atom stereocenters. The van der Waals surface area contributed by atoms with E-state index in [2.05, 4.69) is 0 Å². The zero-order chi connectivity index (χ0) is 15.0. The monoisotopic (exact) mass is 321 g/mol. The lowest BCUT2D eigenvalue weighted by Crippen LogP contribution is -2.19. The van der Waals surface area contributed by atoms with Gasteiger partial charge in [0.1, 0.15) is 5.75 Å². The number of halogens is 2. The Labute approximate surface area is 130 Å². The molecule has 1 unspecified atom stereocenters. The van der Waals surface area contributed by atoms with Gasteiger partial charge in [-0.25, -0.2) is 0 Å². The summed E-state index contributed by atoms with van der Waals surface area (Å²) in [5.41, 5.74) is 1.15. The van der Waals surface area contributed by atoms with Gasteiger partial charge in [-0.15, -0.1) is 0 Å². The maximum atomic E-state index is 11.3. The van der Waals surface area contributed by atoms with Crippen molar-refractivity contribution in [2.75, 3.05) is 0 Å². The third kappa shape index (κ3) is 2.60. The summed E-state index contributed by atoms with van der Waals surface area (Å²) in [5, 5.41) is 12.0. The Morgan fingerprint density at radius 3 is 2.52 bits per heavy atom. The van der Waals surface area contributed by atoms with Crippen LogP contribution in [0.25, 0.3) is 6.08 Å². The van der Waals surface area contributed by atoms with Gasteiger partial charge in [0.2, 0.25) is 6.10 Å². The average molecular weight is 322 g/mol. The Kier molecular flexibility index (Phi) is 3.57. The maximum Gasteiger partial charge on any atom is 0.291 e. The predicted molar refractivity (Wildman–Crippen MR) is 81.2 cm³/mol. The molecule has 0 aliphatic carbocycles. The van der Waals surface area contributed by atoms with Crippen molar-refractivity contribution >= 4 is 29.3 Å². The summed E-state index contributed by atoms with van der Waals surface area (Å²) in [5.74, 6) is 0.403. The van der Waals surface area contributed by atoms with Gasteiger partial charge in [-0.05, 0) is 12.1 Å². The smallest absolute Gasteiger partial charge is 0.291 e. The molecular formula is C15H9Cl2NO3. The second kappa shape index (κ2) is 5.39. The van der Waals surface area contributed by atoms with Crippen molar-refractivity contribution in [2.45, 2.75) is 6.10 Å². The van der Waals surface area contributed by atoms with E-state index < -0.39 is 11.0 Å². The van der Waals surface area contributed by atoms with Crippen LogP contribution < -0.4 is 4.74 Å². The third-order valence-corrected chi connectivity index (χ3v) is 3.66. The molecule has 106 valence electrons. The molecule has 6 heteroatoms. The molecule has 4 nitrogen and oxygen atoms in total. The number of hydrogen-bond donors (Lipinski definition) is 0. The summed E-state index contributed by atoms with van der Waals surface area (Å²) in [4.78, 5) is 10.9. The van der Waals surface area contributed by atoms with Crippen molar-refractivity contribution < 1.29 is 9.66 Å². The number of benzene rings is 2. The molecule has 1 aliphatic heterocycles. The van der Waals surface area contributed by atoms with Crippen LogP contribution >= 0.6 is 23.2 Å². The fourth-order valence-corrected chi connectivity index (χ4v) is 2.79. The summed E-state index contributed by atoms with van der Waals surface area (Å²) < 4.78 is 5.78. The highest BCUT2D eigenvalue weighted by Crippen LogP contribution is 2.42. The van der Waals surface area contributed by atoms with Gasteiger partial charge in [0.15, 0.2) is 0 Å². The zero-order valence-electron chi connectivity index (χ0n) is 10.6. The fraction of sp³-hybridized carbons (Fsp3) is 0.0667. The highest BCUT2D eigenvalue weighted by atomic mass is 35.5. The van der Waals surface area contributed by atoms with Gasteiger partial charge in [-0.2, -0.15) is 0 Å². The first-order valence-electron chi connectivity index (χ1n) is 6.13. The van der Waals surface area contributed by atoms with Crippen LogP contribution in [-0.4, -0.2) is 4.92 Å². The summed E-state index contributed by atoms with van der Waals surface area (Å²) in [6.45, 7) is 0. The van der Waals surface area contributed by atoms with Crippen molar-refractivity contribution in [1.29, 1.82) is 0 Å². The Morgan fingerprint density at radius 2 is 1.86 bits per heavy atom. The molecule has 0 fully saturated rings. The lowest BCUT2D eigenvalue weighted by molar-refractivity contribution is -0.434. The minimum absolute atomic E-state index is 0.0490. The second-order valence-corrected chi connectivity index (χ2v) is 5.38. The normalized spacial score (nSPS) is 16.7. The molecule has 0 bridgehead atoms. The molecule has 0 saturated heterocycles. The number of rotatable bonds is 2. The van der Waals surface area contributed by atoms with Crippen molar-refractivity contribution in [1.82, 2.24) is 0 Å². The molecule has 0 spiro atoms. The van der Waals surface area contributed by atoms with Crippen LogP contribution in [0, 0.1) is 10.1 Å². The summed E-state index contributed by atoms with van der Waals surface area (Å²) in [6.07, 6.45) is 0.654. The standard InChI is InChI=1S/C15H9Cl2NO3/c16-11-6-10-7-13(18(19)20)15(9-4-2-1-3-5-9)21-14(10)12(17)8-11/h1-8,15H. The van der Waals surface area contributed by atoms with E-state index in [1.165, 1.54) is 6.08 Å². The lowest BCUT2D eigenvalue weighted by Gasteiger charge is -2.23. The van der Waals surface area contributed by atoms with Crippen LogP contribution in [0.3, 0.4) is 0 Å². The number of ether oxygens (including phenoxy) is 1. The molecule has 3 rings (SSSR count). The predicted octanol–water partition coefficient (Wildman–Crippen LogP) is 4.74. The molecule has 1 aliphatic rings. The molecule has 2 aromatic carbocycles. The first kappa shape index (κ1) is 13.9. The molecule has 1 heterocycles. The zero-order valence-corrected chi connectivity index (χ0v) is 12.1.